The van der Waals surface area contributed by atoms with Gasteiger partial charge in [0.2, 0.25) is 0 Å². The zero-order valence-electron chi connectivity index (χ0n) is 11.9. The number of hydrogen-bond donors (Lipinski definition) is 0. The lowest BCUT2D eigenvalue weighted by molar-refractivity contribution is 0.151. The van der Waals surface area contributed by atoms with E-state index in [9.17, 15) is 8.78 Å². The molecule has 0 saturated carbocycles. The molecule has 22 heavy (non-hydrogen) atoms. The Labute approximate surface area is 130 Å². The molecule has 0 saturated heterocycles. The van der Waals surface area contributed by atoms with Crippen molar-refractivity contribution in [2.75, 3.05) is 0 Å². The van der Waals surface area contributed by atoms with Crippen molar-refractivity contribution in [3.8, 4) is 0 Å². The first-order valence-electron chi connectivity index (χ1n) is 7.04. The maximum atomic E-state index is 12.8. The highest BCUT2D eigenvalue weighted by Crippen LogP contribution is 2.33. The second-order valence-corrected chi connectivity index (χ2v) is 7.12. The Morgan fingerprint density at radius 2 is 0.955 bits per heavy atom. The Bertz CT molecular complexity index is 670. The van der Waals surface area contributed by atoms with E-state index in [1.807, 2.05) is 48.5 Å². The minimum Gasteiger partial charge on any atom is -0.205 e. The first-order valence-corrected chi connectivity index (χ1v) is 8.38. The highest BCUT2D eigenvalue weighted by atomic mass is 31.1. The van der Waals surface area contributed by atoms with Gasteiger partial charge in [0, 0.05) is 5.56 Å². The summed E-state index contributed by atoms with van der Waals surface area (Å²) in [5.41, 5.74) is 0.0693. The molecule has 0 atom stereocenters. The summed E-state index contributed by atoms with van der Waals surface area (Å²) >= 11 is 0. The predicted octanol–water partition coefficient (Wildman–Crippen LogP) is 4.38. The molecule has 0 unspecified atom stereocenters. The fourth-order valence-corrected chi connectivity index (χ4v) is 4.65. The fourth-order valence-electron chi connectivity index (χ4n) is 2.37. The molecule has 0 radical (unpaired) electrons. The van der Waals surface area contributed by atoms with E-state index < -0.39 is 14.3 Å². The largest absolute Gasteiger partial charge is 0.263 e. The van der Waals surface area contributed by atoms with Gasteiger partial charge in [-0.2, -0.15) is 0 Å². The van der Waals surface area contributed by atoms with Crippen molar-refractivity contribution in [2.24, 2.45) is 0 Å². The van der Waals surface area contributed by atoms with Crippen LogP contribution in [0.15, 0.2) is 84.9 Å². The second kappa shape index (κ2) is 6.81. The summed E-state index contributed by atoms with van der Waals surface area (Å²) in [7, 11) is -0.723. The number of rotatable bonds is 4. The Morgan fingerprint density at radius 3 is 1.36 bits per heavy atom. The average molecular weight is 312 g/mol. The topological polar surface area (TPSA) is 0 Å². The van der Waals surface area contributed by atoms with Crippen LogP contribution in [0.25, 0.3) is 0 Å². The van der Waals surface area contributed by atoms with Crippen molar-refractivity contribution in [1.29, 1.82) is 0 Å². The van der Waals surface area contributed by atoms with Gasteiger partial charge in [-0.3, -0.25) is 0 Å². The van der Waals surface area contributed by atoms with Gasteiger partial charge in [-0.05, 0) is 23.8 Å². The van der Waals surface area contributed by atoms with Gasteiger partial charge in [-0.15, -0.1) is 0 Å². The Balaban J connectivity index is 2.06. The molecule has 0 nitrogen and oxygen atoms in total. The number of hydrogen-bond acceptors (Lipinski definition) is 0. The predicted molar refractivity (Wildman–Crippen MR) is 90.1 cm³/mol. The summed E-state index contributed by atoms with van der Waals surface area (Å²) in [5.74, 6) is 0. The van der Waals surface area contributed by atoms with Gasteiger partial charge >= 0.3 is 0 Å². The van der Waals surface area contributed by atoms with Crippen molar-refractivity contribution in [2.45, 2.75) is 6.43 Å². The molecule has 0 aliphatic rings. The normalized spacial score (nSPS) is 11.1. The van der Waals surface area contributed by atoms with Crippen LogP contribution in [0.3, 0.4) is 0 Å². The summed E-state index contributed by atoms with van der Waals surface area (Å²) in [6, 6.07) is 27.1. The van der Waals surface area contributed by atoms with Gasteiger partial charge in [-0.25, -0.2) is 8.78 Å². The van der Waals surface area contributed by atoms with E-state index in [1.165, 1.54) is 22.7 Å². The van der Waals surface area contributed by atoms with E-state index in [0.717, 1.165) is 5.30 Å². The number of benzene rings is 3. The fraction of sp³-hybridized carbons (Fsp3) is 0.0526. The molecule has 0 heterocycles. The maximum Gasteiger partial charge on any atom is 0.263 e. The maximum absolute atomic E-state index is 12.8. The van der Waals surface area contributed by atoms with Crippen molar-refractivity contribution < 1.29 is 8.78 Å². The zero-order chi connectivity index (χ0) is 15.4. The van der Waals surface area contributed by atoms with Crippen LogP contribution in [0.4, 0.5) is 8.78 Å². The average Bonchev–Trinajstić information content (AvgIpc) is 2.57. The number of halogens is 2. The molecular formula is C19H15F2P. The van der Waals surface area contributed by atoms with Crippen molar-refractivity contribution in [1.82, 2.24) is 0 Å². The summed E-state index contributed by atoms with van der Waals surface area (Å²) < 4.78 is 25.5. The third kappa shape index (κ3) is 3.23. The van der Waals surface area contributed by atoms with Gasteiger partial charge < -0.3 is 0 Å². The minimum absolute atomic E-state index is 0.0693. The van der Waals surface area contributed by atoms with Gasteiger partial charge in [0.15, 0.2) is 0 Å². The van der Waals surface area contributed by atoms with E-state index in [0.29, 0.717) is 0 Å². The molecule has 110 valence electrons. The van der Waals surface area contributed by atoms with Crippen LogP contribution >= 0.6 is 7.92 Å². The molecule has 0 spiro atoms. The molecule has 0 aliphatic carbocycles. The quantitative estimate of drug-likeness (QED) is 0.627. The lowest BCUT2D eigenvalue weighted by Crippen LogP contribution is -2.20. The van der Waals surface area contributed by atoms with Crippen LogP contribution in [0.5, 0.6) is 0 Å². The van der Waals surface area contributed by atoms with Gasteiger partial charge in [0.1, 0.15) is 0 Å². The third-order valence-electron chi connectivity index (χ3n) is 3.43. The third-order valence-corrected chi connectivity index (χ3v) is 5.88. The molecule has 0 aromatic heterocycles. The molecule has 0 amide bonds. The van der Waals surface area contributed by atoms with Crippen molar-refractivity contribution >= 4 is 23.8 Å². The standard InChI is InChI=1S/C19H15F2P/c20-19(21)15-11-13-18(14-12-15)22(16-7-3-1-4-8-16)17-9-5-2-6-10-17/h1-14,19H. The van der Waals surface area contributed by atoms with Crippen LogP contribution in [0.1, 0.15) is 12.0 Å². The van der Waals surface area contributed by atoms with Crippen LogP contribution in [-0.4, -0.2) is 0 Å². The van der Waals surface area contributed by atoms with Crippen LogP contribution in [-0.2, 0) is 0 Å². The van der Waals surface area contributed by atoms with Crippen molar-refractivity contribution in [3.05, 3.63) is 90.5 Å². The Hall–Kier alpha value is -2.05. The Morgan fingerprint density at radius 1 is 0.545 bits per heavy atom. The summed E-state index contributed by atoms with van der Waals surface area (Å²) in [6.45, 7) is 0. The molecule has 0 bridgehead atoms. The van der Waals surface area contributed by atoms with Crippen LogP contribution in [0, 0.1) is 0 Å². The van der Waals surface area contributed by atoms with Gasteiger partial charge in [-0.1, -0.05) is 84.9 Å². The summed E-state index contributed by atoms with van der Waals surface area (Å²) in [6.07, 6.45) is -2.42. The van der Waals surface area contributed by atoms with Gasteiger partial charge in [0.25, 0.3) is 6.43 Å². The van der Waals surface area contributed by atoms with Crippen LogP contribution in [0.2, 0.25) is 0 Å². The summed E-state index contributed by atoms with van der Waals surface area (Å²) in [4.78, 5) is 0. The zero-order valence-corrected chi connectivity index (χ0v) is 12.8. The van der Waals surface area contributed by atoms with Gasteiger partial charge in [0.05, 0.1) is 0 Å². The molecule has 0 N–H and O–H groups in total. The van der Waals surface area contributed by atoms with E-state index in [2.05, 4.69) is 24.3 Å². The van der Waals surface area contributed by atoms with E-state index in [4.69, 9.17) is 0 Å². The molecular weight excluding hydrogens is 297 g/mol. The highest BCUT2D eigenvalue weighted by Gasteiger charge is 2.16. The molecule has 0 aliphatic heterocycles. The van der Waals surface area contributed by atoms with Crippen LogP contribution < -0.4 is 15.9 Å². The molecule has 3 aromatic carbocycles. The van der Waals surface area contributed by atoms with E-state index in [1.54, 1.807) is 0 Å². The lowest BCUT2D eigenvalue weighted by Gasteiger charge is -2.19. The first-order chi connectivity index (χ1) is 10.8. The molecule has 0 fully saturated rings. The molecule has 3 heteroatoms. The highest BCUT2D eigenvalue weighted by molar-refractivity contribution is 7.79. The summed E-state index contributed by atoms with van der Waals surface area (Å²) in [5, 5.41) is 3.51. The van der Waals surface area contributed by atoms with E-state index in [-0.39, 0.29) is 5.56 Å². The monoisotopic (exact) mass is 312 g/mol. The lowest BCUT2D eigenvalue weighted by atomic mass is 10.2. The first kappa shape index (κ1) is 14.9. The van der Waals surface area contributed by atoms with Crippen molar-refractivity contribution in [3.63, 3.8) is 0 Å². The minimum atomic E-state index is -2.42. The SMILES string of the molecule is FC(F)c1ccc(P(c2ccccc2)c2ccccc2)cc1. The molecule has 3 rings (SSSR count). The smallest absolute Gasteiger partial charge is 0.205 e. The Kier molecular flexibility index (Phi) is 4.60. The second-order valence-electron chi connectivity index (χ2n) is 4.90. The number of alkyl halides is 2. The van der Waals surface area contributed by atoms with E-state index >= 15 is 0 Å². The molecule has 3 aromatic rings.